The lowest BCUT2D eigenvalue weighted by Gasteiger charge is -2.27. The molecule has 0 unspecified atom stereocenters. The van der Waals surface area contributed by atoms with Crippen molar-refractivity contribution in [1.82, 2.24) is 10.2 Å². The van der Waals surface area contributed by atoms with Crippen LogP contribution in [0.15, 0.2) is 65.2 Å². The van der Waals surface area contributed by atoms with E-state index in [2.05, 4.69) is 27.8 Å². The molecule has 0 aromatic heterocycles. The Labute approximate surface area is 191 Å². The van der Waals surface area contributed by atoms with E-state index in [1.54, 1.807) is 30.3 Å². The standard InChI is InChI=1S/C21H16BrN3O5S/c1-2-8-24-20(27)16(19(26)23-21(24)31)10-13-6-7-18(17(22)11-13)30-12-14-4-3-5-15(9-14)25(28)29/h2-7,9-11H,1,8,12H2,(H,23,26,31)/b16-10+. The molecule has 2 aromatic carbocycles. The van der Waals surface area contributed by atoms with E-state index in [9.17, 15) is 19.7 Å². The van der Waals surface area contributed by atoms with Gasteiger partial charge in [0.1, 0.15) is 17.9 Å². The van der Waals surface area contributed by atoms with Crippen LogP contribution in [0, 0.1) is 10.1 Å². The van der Waals surface area contributed by atoms with Gasteiger partial charge in [0, 0.05) is 18.7 Å². The zero-order chi connectivity index (χ0) is 22.5. The van der Waals surface area contributed by atoms with Crippen LogP contribution < -0.4 is 10.1 Å². The first-order chi connectivity index (χ1) is 14.8. The monoisotopic (exact) mass is 501 g/mol. The average Bonchev–Trinajstić information content (AvgIpc) is 2.73. The second-order valence-electron chi connectivity index (χ2n) is 6.43. The van der Waals surface area contributed by atoms with Gasteiger partial charge >= 0.3 is 0 Å². The van der Waals surface area contributed by atoms with E-state index in [0.717, 1.165) is 0 Å². The van der Waals surface area contributed by atoms with E-state index >= 15 is 0 Å². The van der Waals surface area contributed by atoms with Crippen molar-refractivity contribution >= 4 is 56.8 Å². The number of thiocarbonyl (C=S) groups is 1. The van der Waals surface area contributed by atoms with Gasteiger partial charge in [-0.15, -0.1) is 6.58 Å². The SMILES string of the molecule is C=CCN1C(=O)/C(=C/c2ccc(OCc3cccc([N+](=O)[O-])c3)c(Br)c2)C(=O)NC1=S. The number of ether oxygens (including phenoxy) is 1. The first-order valence-electron chi connectivity index (χ1n) is 8.95. The van der Waals surface area contributed by atoms with Crippen LogP contribution >= 0.6 is 28.1 Å². The molecule has 10 heteroatoms. The van der Waals surface area contributed by atoms with E-state index < -0.39 is 16.7 Å². The maximum absolute atomic E-state index is 12.6. The Balaban J connectivity index is 1.77. The summed E-state index contributed by atoms with van der Waals surface area (Å²) in [5, 5.41) is 13.4. The number of halogens is 1. The molecule has 31 heavy (non-hydrogen) atoms. The summed E-state index contributed by atoms with van der Waals surface area (Å²) < 4.78 is 6.33. The molecule has 0 atom stereocenters. The third-order valence-corrected chi connectivity index (χ3v) is 5.22. The fourth-order valence-electron chi connectivity index (χ4n) is 2.80. The third-order valence-electron chi connectivity index (χ3n) is 4.28. The number of amides is 2. The highest BCUT2D eigenvalue weighted by Gasteiger charge is 2.32. The lowest BCUT2D eigenvalue weighted by molar-refractivity contribution is -0.384. The number of carbonyl (C=O) groups excluding carboxylic acids is 2. The predicted octanol–water partition coefficient (Wildman–Crippen LogP) is 3.75. The molecule has 1 aliphatic heterocycles. The van der Waals surface area contributed by atoms with Crippen LogP contribution in [0.5, 0.6) is 5.75 Å². The number of hydrogen-bond acceptors (Lipinski definition) is 6. The molecule has 1 aliphatic rings. The van der Waals surface area contributed by atoms with Crippen molar-refractivity contribution in [2.45, 2.75) is 6.61 Å². The smallest absolute Gasteiger partial charge is 0.269 e. The number of rotatable bonds is 7. The lowest BCUT2D eigenvalue weighted by atomic mass is 10.1. The van der Waals surface area contributed by atoms with Crippen molar-refractivity contribution in [3.8, 4) is 5.75 Å². The van der Waals surface area contributed by atoms with Crippen LogP contribution in [0.25, 0.3) is 6.08 Å². The van der Waals surface area contributed by atoms with E-state index in [1.165, 1.54) is 29.2 Å². The predicted molar refractivity (Wildman–Crippen MR) is 122 cm³/mol. The fourth-order valence-corrected chi connectivity index (χ4v) is 3.56. The summed E-state index contributed by atoms with van der Waals surface area (Å²) in [6.07, 6.45) is 2.98. The summed E-state index contributed by atoms with van der Waals surface area (Å²) in [5.41, 5.74) is 1.18. The van der Waals surface area contributed by atoms with Crippen LogP contribution in [0.1, 0.15) is 11.1 Å². The molecule has 1 fully saturated rings. The average molecular weight is 502 g/mol. The van der Waals surface area contributed by atoms with Crippen LogP contribution in [-0.2, 0) is 16.2 Å². The number of nitro benzene ring substituents is 1. The summed E-state index contributed by atoms with van der Waals surface area (Å²) in [6.45, 7) is 3.91. The lowest BCUT2D eigenvalue weighted by Crippen LogP contribution is -2.53. The van der Waals surface area contributed by atoms with Gasteiger partial charge in [-0.05, 0) is 57.5 Å². The minimum atomic E-state index is -0.572. The van der Waals surface area contributed by atoms with Crippen molar-refractivity contribution < 1.29 is 19.2 Å². The molecule has 0 aliphatic carbocycles. The van der Waals surface area contributed by atoms with Gasteiger partial charge in [0.25, 0.3) is 17.5 Å². The largest absolute Gasteiger partial charge is 0.488 e. The van der Waals surface area contributed by atoms with Crippen LogP contribution in [0.4, 0.5) is 5.69 Å². The number of non-ortho nitro benzene ring substituents is 1. The highest BCUT2D eigenvalue weighted by molar-refractivity contribution is 9.10. The molecule has 1 heterocycles. The molecule has 2 aromatic rings. The summed E-state index contributed by atoms with van der Waals surface area (Å²) in [6, 6.07) is 11.2. The van der Waals surface area contributed by atoms with Gasteiger partial charge in [-0.25, -0.2) is 0 Å². The van der Waals surface area contributed by atoms with Gasteiger partial charge in [0.15, 0.2) is 5.11 Å². The van der Waals surface area contributed by atoms with E-state index in [4.69, 9.17) is 17.0 Å². The van der Waals surface area contributed by atoms with E-state index in [-0.39, 0.29) is 29.5 Å². The first-order valence-corrected chi connectivity index (χ1v) is 10.2. The zero-order valence-corrected chi connectivity index (χ0v) is 18.4. The molecule has 0 radical (unpaired) electrons. The third kappa shape index (κ3) is 5.22. The summed E-state index contributed by atoms with van der Waals surface area (Å²) in [5.74, 6) is -0.573. The molecule has 2 amide bonds. The number of nitrogens with one attached hydrogen (secondary N) is 1. The van der Waals surface area contributed by atoms with Crippen molar-refractivity contribution in [1.29, 1.82) is 0 Å². The summed E-state index contributed by atoms with van der Waals surface area (Å²) in [4.78, 5) is 36.5. The van der Waals surface area contributed by atoms with E-state index in [1.807, 2.05) is 0 Å². The maximum atomic E-state index is 12.6. The highest BCUT2D eigenvalue weighted by Crippen LogP contribution is 2.28. The number of nitro groups is 1. The normalized spacial score (nSPS) is 15.1. The highest BCUT2D eigenvalue weighted by atomic mass is 79.9. The minimum absolute atomic E-state index is 0.0115. The van der Waals surface area contributed by atoms with Gasteiger partial charge in [0.2, 0.25) is 0 Å². The molecule has 0 bridgehead atoms. The molecular formula is C21H16BrN3O5S. The molecule has 1 N–H and O–H groups in total. The van der Waals surface area contributed by atoms with Gasteiger partial charge in [-0.3, -0.25) is 29.9 Å². The van der Waals surface area contributed by atoms with Gasteiger partial charge in [0.05, 0.1) is 9.40 Å². The Kier molecular flexibility index (Phi) is 6.93. The van der Waals surface area contributed by atoms with Crippen molar-refractivity contribution in [2.24, 2.45) is 0 Å². The summed E-state index contributed by atoms with van der Waals surface area (Å²) in [7, 11) is 0. The number of carbonyl (C=O) groups is 2. The quantitative estimate of drug-likeness (QED) is 0.155. The Bertz CT molecular complexity index is 1130. The second-order valence-corrected chi connectivity index (χ2v) is 7.67. The number of hydrogen-bond donors (Lipinski definition) is 1. The molecule has 1 saturated heterocycles. The zero-order valence-electron chi connectivity index (χ0n) is 16.0. The van der Waals surface area contributed by atoms with Crippen LogP contribution in [-0.4, -0.2) is 33.3 Å². The van der Waals surface area contributed by atoms with Gasteiger partial charge in [-0.1, -0.05) is 24.3 Å². The molecule has 8 nitrogen and oxygen atoms in total. The van der Waals surface area contributed by atoms with Crippen molar-refractivity contribution in [2.75, 3.05) is 6.54 Å². The Morgan fingerprint density at radius 3 is 2.71 bits per heavy atom. The van der Waals surface area contributed by atoms with Crippen molar-refractivity contribution in [3.63, 3.8) is 0 Å². The van der Waals surface area contributed by atoms with Gasteiger partial charge in [-0.2, -0.15) is 0 Å². The molecule has 158 valence electrons. The second kappa shape index (κ2) is 9.63. The molecule has 0 spiro atoms. The fraction of sp³-hybridized carbons (Fsp3) is 0.0952. The molecular weight excluding hydrogens is 486 g/mol. The number of nitrogens with zero attached hydrogens (tertiary/aromatic N) is 2. The maximum Gasteiger partial charge on any atom is 0.269 e. The topological polar surface area (TPSA) is 102 Å². The Morgan fingerprint density at radius 2 is 2.03 bits per heavy atom. The van der Waals surface area contributed by atoms with E-state index in [0.29, 0.717) is 21.3 Å². The van der Waals surface area contributed by atoms with Crippen LogP contribution in [0.2, 0.25) is 0 Å². The Hall–Kier alpha value is -3.37. The van der Waals surface area contributed by atoms with Gasteiger partial charge < -0.3 is 4.74 Å². The Morgan fingerprint density at radius 1 is 1.26 bits per heavy atom. The summed E-state index contributed by atoms with van der Waals surface area (Å²) >= 11 is 8.44. The van der Waals surface area contributed by atoms with Crippen molar-refractivity contribution in [3.05, 3.63) is 86.4 Å². The first kappa shape index (κ1) is 22.3. The minimum Gasteiger partial charge on any atom is -0.488 e. The molecule has 3 rings (SSSR count). The molecule has 0 saturated carbocycles. The number of benzene rings is 2. The van der Waals surface area contributed by atoms with Crippen LogP contribution in [0.3, 0.4) is 0 Å².